The van der Waals surface area contributed by atoms with Crippen LogP contribution in [0.25, 0.3) is 0 Å². The van der Waals surface area contributed by atoms with Crippen LogP contribution in [0.3, 0.4) is 0 Å². The highest BCUT2D eigenvalue weighted by Crippen LogP contribution is 2.20. The maximum Gasteiger partial charge on any atom is 0.105 e. The van der Waals surface area contributed by atoms with Crippen molar-refractivity contribution in [2.45, 2.75) is 45.3 Å². The summed E-state index contributed by atoms with van der Waals surface area (Å²) >= 11 is 0. The van der Waals surface area contributed by atoms with Crippen molar-refractivity contribution in [3.05, 3.63) is 24.2 Å². The molecule has 2 heterocycles. The van der Waals surface area contributed by atoms with E-state index in [1.165, 1.54) is 0 Å². The van der Waals surface area contributed by atoms with Crippen molar-refractivity contribution in [3.8, 4) is 0 Å². The molecule has 0 spiro atoms. The Morgan fingerprint density at radius 1 is 1.47 bits per heavy atom. The summed E-state index contributed by atoms with van der Waals surface area (Å²) < 4.78 is 11.1. The summed E-state index contributed by atoms with van der Waals surface area (Å²) in [5.74, 6) is 1.68. The molecule has 2 atom stereocenters. The van der Waals surface area contributed by atoms with E-state index in [0.29, 0.717) is 18.1 Å². The third-order valence-corrected chi connectivity index (χ3v) is 3.44. The van der Waals surface area contributed by atoms with Gasteiger partial charge < -0.3 is 14.5 Å². The van der Waals surface area contributed by atoms with Gasteiger partial charge in [-0.1, -0.05) is 13.8 Å². The van der Waals surface area contributed by atoms with Crippen LogP contribution in [-0.4, -0.2) is 25.3 Å². The van der Waals surface area contributed by atoms with Crippen LogP contribution in [0, 0.1) is 5.92 Å². The Morgan fingerprint density at radius 2 is 2.35 bits per heavy atom. The van der Waals surface area contributed by atoms with Gasteiger partial charge in [-0.15, -0.1) is 0 Å². The molecule has 0 bridgehead atoms. The largest absolute Gasteiger partial charge is 0.469 e. The van der Waals surface area contributed by atoms with Gasteiger partial charge in [-0.05, 0) is 30.9 Å². The summed E-state index contributed by atoms with van der Waals surface area (Å²) in [6.45, 7) is 6.34. The highest BCUT2D eigenvalue weighted by molar-refractivity contribution is 4.98. The summed E-state index contributed by atoms with van der Waals surface area (Å²) in [7, 11) is 0. The van der Waals surface area contributed by atoms with Crippen LogP contribution in [0.2, 0.25) is 0 Å². The molecule has 17 heavy (non-hydrogen) atoms. The first-order valence-corrected chi connectivity index (χ1v) is 6.63. The van der Waals surface area contributed by atoms with Crippen molar-refractivity contribution in [2.24, 2.45) is 5.92 Å². The quantitative estimate of drug-likeness (QED) is 0.855. The molecule has 0 aliphatic carbocycles. The van der Waals surface area contributed by atoms with Crippen molar-refractivity contribution in [2.75, 3.05) is 13.2 Å². The summed E-state index contributed by atoms with van der Waals surface area (Å²) in [6, 6.07) is 4.58. The van der Waals surface area contributed by atoms with E-state index in [1.54, 1.807) is 6.26 Å². The van der Waals surface area contributed by atoms with Gasteiger partial charge in [0.15, 0.2) is 0 Å². The lowest BCUT2D eigenvalue weighted by Gasteiger charge is -2.32. The summed E-state index contributed by atoms with van der Waals surface area (Å²) in [5.41, 5.74) is 0. The first-order valence-electron chi connectivity index (χ1n) is 6.63. The van der Waals surface area contributed by atoms with Gasteiger partial charge in [0.05, 0.1) is 12.4 Å². The molecule has 0 saturated carbocycles. The minimum Gasteiger partial charge on any atom is -0.469 e. The van der Waals surface area contributed by atoms with E-state index in [-0.39, 0.29) is 0 Å². The van der Waals surface area contributed by atoms with E-state index in [4.69, 9.17) is 9.15 Å². The predicted molar refractivity (Wildman–Crippen MR) is 68.0 cm³/mol. The average Bonchev–Trinajstić information content (AvgIpc) is 2.82. The van der Waals surface area contributed by atoms with Crippen molar-refractivity contribution >= 4 is 0 Å². The van der Waals surface area contributed by atoms with E-state index in [2.05, 4.69) is 19.2 Å². The Morgan fingerprint density at radius 3 is 3.06 bits per heavy atom. The van der Waals surface area contributed by atoms with Crippen LogP contribution < -0.4 is 5.32 Å². The number of hydrogen-bond acceptors (Lipinski definition) is 3. The van der Waals surface area contributed by atoms with Gasteiger partial charge in [0.25, 0.3) is 0 Å². The third kappa shape index (κ3) is 3.86. The molecule has 2 unspecified atom stereocenters. The van der Waals surface area contributed by atoms with E-state index in [9.17, 15) is 0 Å². The number of hydrogen-bond donors (Lipinski definition) is 1. The molecule has 1 fully saturated rings. The number of nitrogens with one attached hydrogen (secondary N) is 1. The molecule has 3 heteroatoms. The van der Waals surface area contributed by atoms with Crippen LogP contribution in [0.4, 0.5) is 0 Å². The molecule has 3 nitrogen and oxygen atoms in total. The molecule has 1 aromatic heterocycles. The Hall–Kier alpha value is -0.800. The molecule has 0 aromatic carbocycles. The Balaban J connectivity index is 1.68. The van der Waals surface area contributed by atoms with E-state index < -0.39 is 0 Å². The molecular formula is C14H23NO2. The highest BCUT2D eigenvalue weighted by Gasteiger charge is 2.24. The number of rotatable bonds is 5. The molecule has 0 amide bonds. The Bertz CT molecular complexity index is 308. The maximum absolute atomic E-state index is 5.76. The second kappa shape index (κ2) is 6.22. The normalized spacial score (nSPS) is 25.4. The molecule has 2 rings (SSSR count). The minimum atomic E-state index is 0.421. The highest BCUT2D eigenvalue weighted by atomic mass is 16.5. The smallest absolute Gasteiger partial charge is 0.105 e. The van der Waals surface area contributed by atoms with Gasteiger partial charge in [-0.2, -0.15) is 0 Å². The lowest BCUT2D eigenvalue weighted by atomic mass is 9.95. The Labute approximate surface area is 104 Å². The molecule has 1 N–H and O–H groups in total. The van der Waals surface area contributed by atoms with Crippen LogP contribution >= 0.6 is 0 Å². The van der Waals surface area contributed by atoms with Crippen LogP contribution in [-0.2, 0) is 11.2 Å². The van der Waals surface area contributed by atoms with Crippen molar-refractivity contribution < 1.29 is 9.15 Å². The van der Waals surface area contributed by atoms with Gasteiger partial charge in [-0.25, -0.2) is 0 Å². The summed E-state index contributed by atoms with van der Waals surface area (Å²) in [4.78, 5) is 0. The molecule has 1 aliphatic rings. The second-order valence-electron chi connectivity index (χ2n) is 5.16. The van der Waals surface area contributed by atoms with Crippen molar-refractivity contribution in [1.29, 1.82) is 0 Å². The summed E-state index contributed by atoms with van der Waals surface area (Å²) in [5, 5.41) is 3.60. The van der Waals surface area contributed by atoms with E-state index >= 15 is 0 Å². The molecule has 1 saturated heterocycles. The van der Waals surface area contributed by atoms with Gasteiger partial charge in [-0.3, -0.25) is 0 Å². The zero-order chi connectivity index (χ0) is 12.1. The first kappa shape index (κ1) is 12.7. The average molecular weight is 237 g/mol. The first-order chi connectivity index (χ1) is 8.25. The summed E-state index contributed by atoms with van der Waals surface area (Å²) in [6.07, 6.45) is 5.39. The van der Waals surface area contributed by atoms with E-state index in [0.717, 1.165) is 38.2 Å². The van der Waals surface area contributed by atoms with Gasteiger partial charge >= 0.3 is 0 Å². The van der Waals surface area contributed by atoms with Gasteiger partial charge in [0.2, 0.25) is 0 Å². The topological polar surface area (TPSA) is 34.4 Å². The number of ether oxygens (including phenoxy) is 1. The molecule has 1 aromatic rings. The fraction of sp³-hybridized carbons (Fsp3) is 0.714. The lowest BCUT2D eigenvalue weighted by Crippen LogP contribution is -2.41. The standard InChI is InChI=1S/C14H23NO2/c1-11(2)14-10-12(6-9-17-14)15-7-5-13-4-3-8-16-13/h3-4,8,11-12,14-15H,5-7,9-10H2,1-2H3. The number of furan rings is 1. The van der Waals surface area contributed by atoms with Crippen LogP contribution in [0.1, 0.15) is 32.4 Å². The zero-order valence-electron chi connectivity index (χ0n) is 10.8. The molecule has 0 radical (unpaired) electrons. The minimum absolute atomic E-state index is 0.421. The second-order valence-corrected chi connectivity index (χ2v) is 5.16. The predicted octanol–water partition coefficient (Wildman–Crippen LogP) is 2.62. The molecular weight excluding hydrogens is 214 g/mol. The maximum atomic E-state index is 5.76. The van der Waals surface area contributed by atoms with Crippen molar-refractivity contribution in [3.63, 3.8) is 0 Å². The van der Waals surface area contributed by atoms with Crippen molar-refractivity contribution in [1.82, 2.24) is 5.32 Å². The fourth-order valence-electron chi connectivity index (χ4n) is 2.33. The fourth-order valence-corrected chi connectivity index (χ4v) is 2.33. The lowest BCUT2D eigenvalue weighted by molar-refractivity contribution is -0.0242. The zero-order valence-corrected chi connectivity index (χ0v) is 10.8. The van der Waals surface area contributed by atoms with Crippen LogP contribution in [0.5, 0.6) is 0 Å². The Kier molecular flexibility index (Phi) is 4.63. The molecule has 96 valence electrons. The molecule has 1 aliphatic heterocycles. The third-order valence-electron chi connectivity index (χ3n) is 3.44. The van der Waals surface area contributed by atoms with Gasteiger partial charge in [0.1, 0.15) is 5.76 Å². The van der Waals surface area contributed by atoms with E-state index in [1.807, 2.05) is 12.1 Å². The monoisotopic (exact) mass is 237 g/mol. The SMILES string of the molecule is CC(C)C1CC(NCCc2ccco2)CCO1. The van der Waals surface area contributed by atoms with Gasteiger partial charge in [0, 0.05) is 25.6 Å². The van der Waals surface area contributed by atoms with Crippen LogP contribution in [0.15, 0.2) is 22.8 Å².